The summed E-state index contributed by atoms with van der Waals surface area (Å²) < 4.78 is 12.9. The second-order valence-corrected chi connectivity index (χ2v) is 3.30. The Morgan fingerprint density at radius 3 is 2.69 bits per heavy atom. The Morgan fingerprint density at radius 2 is 2.15 bits per heavy atom. The Labute approximate surface area is 75.0 Å². The molecule has 0 saturated heterocycles. The lowest BCUT2D eigenvalue weighted by atomic mass is 10.1. The Balaban J connectivity index is 2.41. The van der Waals surface area contributed by atoms with E-state index in [2.05, 4.69) is 0 Å². The highest BCUT2D eigenvalue weighted by molar-refractivity contribution is 5.86. The molecule has 0 bridgehead atoms. The number of rotatable bonds is 2. The summed E-state index contributed by atoms with van der Waals surface area (Å²) in [6.45, 7) is 0. The van der Waals surface area contributed by atoms with E-state index in [0.717, 1.165) is 18.4 Å². The predicted octanol–water partition coefficient (Wildman–Crippen LogP) is 1.07. The van der Waals surface area contributed by atoms with Crippen LogP contribution in [0.4, 0.5) is 4.39 Å². The van der Waals surface area contributed by atoms with Crippen LogP contribution in [0.2, 0.25) is 0 Å². The maximum atomic E-state index is 12.9. The highest BCUT2D eigenvalue weighted by Gasteiger charge is 2.24. The van der Waals surface area contributed by atoms with Crippen molar-refractivity contribution in [3.8, 4) is 0 Å². The van der Waals surface area contributed by atoms with E-state index in [9.17, 15) is 14.3 Å². The molecule has 13 heavy (non-hydrogen) atoms. The zero-order valence-electron chi connectivity index (χ0n) is 6.92. The molecule has 1 aromatic carbocycles. The summed E-state index contributed by atoms with van der Waals surface area (Å²) in [6.07, 6.45) is 2.14. The van der Waals surface area contributed by atoms with E-state index in [1.165, 1.54) is 12.1 Å². The van der Waals surface area contributed by atoms with Gasteiger partial charge in [0.15, 0.2) is 0 Å². The molecule has 0 unspecified atom stereocenters. The molecule has 2 rings (SSSR count). The number of hydrogen-bond donors (Lipinski definition) is 0. The Morgan fingerprint density at radius 1 is 1.46 bits per heavy atom. The van der Waals surface area contributed by atoms with Crippen LogP contribution in [-0.2, 0) is 0 Å². The van der Waals surface area contributed by atoms with Gasteiger partial charge in [-0.25, -0.2) is 4.39 Å². The molecule has 3 heteroatoms. The molecule has 0 atom stereocenters. The largest absolute Gasteiger partial charge is 0.545 e. The monoisotopic (exact) mass is 179 g/mol. The number of benzene rings is 1. The maximum Gasteiger partial charge on any atom is 0.132 e. The second kappa shape index (κ2) is 2.83. The van der Waals surface area contributed by atoms with Gasteiger partial charge in [0.2, 0.25) is 0 Å². The summed E-state index contributed by atoms with van der Waals surface area (Å²) in [4.78, 5) is 10.5. The normalized spacial score (nSPS) is 15.8. The molecule has 1 aromatic rings. The number of halogens is 1. The van der Waals surface area contributed by atoms with Crippen molar-refractivity contribution in [1.29, 1.82) is 0 Å². The van der Waals surface area contributed by atoms with Crippen molar-refractivity contribution in [3.05, 3.63) is 35.1 Å². The van der Waals surface area contributed by atoms with Crippen molar-refractivity contribution in [3.63, 3.8) is 0 Å². The fourth-order valence-corrected chi connectivity index (χ4v) is 1.37. The van der Waals surface area contributed by atoms with Crippen molar-refractivity contribution in [2.75, 3.05) is 0 Å². The van der Waals surface area contributed by atoms with Gasteiger partial charge >= 0.3 is 0 Å². The highest BCUT2D eigenvalue weighted by atomic mass is 19.1. The molecule has 0 heterocycles. The van der Waals surface area contributed by atoms with Crippen LogP contribution in [0.1, 0.15) is 34.7 Å². The molecular weight excluding hydrogens is 171 g/mol. The number of aromatic carboxylic acids is 1. The number of carbonyl (C=O) groups is 1. The van der Waals surface area contributed by atoms with Crippen LogP contribution in [-0.4, -0.2) is 5.97 Å². The number of carboxylic acids is 1. The smallest absolute Gasteiger partial charge is 0.132 e. The minimum absolute atomic E-state index is 0.329. The zero-order chi connectivity index (χ0) is 9.42. The molecule has 2 nitrogen and oxygen atoms in total. The van der Waals surface area contributed by atoms with E-state index >= 15 is 0 Å². The average Bonchev–Trinajstić information content (AvgIpc) is 2.87. The van der Waals surface area contributed by atoms with E-state index in [1.54, 1.807) is 6.07 Å². The molecule has 0 N–H and O–H groups in total. The van der Waals surface area contributed by atoms with Crippen LogP contribution in [0.25, 0.3) is 0 Å². The van der Waals surface area contributed by atoms with Crippen molar-refractivity contribution in [2.24, 2.45) is 0 Å². The minimum Gasteiger partial charge on any atom is -0.545 e. The Bertz CT molecular complexity index is 356. The van der Waals surface area contributed by atoms with Crippen LogP contribution in [0.3, 0.4) is 0 Å². The van der Waals surface area contributed by atoms with Gasteiger partial charge in [0, 0.05) is 5.56 Å². The van der Waals surface area contributed by atoms with Crippen molar-refractivity contribution in [2.45, 2.75) is 18.8 Å². The van der Waals surface area contributed by atoms with Crippen LogP contribution in [0.5, 0.6) is 0 Å². The van der Waals surface area contributed by atoms with E-state index < -0.39 is 11.8 Å². The van der Waals surface area contributed by atoms with Gasteiger partial charge in [0.25, 0.3) is 0 Å². The SMILES string of the molecule is O=C([O-])c1cc(C2CC2)ccc1F. The topological polar surface area (TPSA) is 40.1 Å². The number of carbonyl (C=O) groups excluding carboxylic acids is 1. The van der Waals surface area contributed by atoms with E-state index in [4.69, 9.17) is 0 Å². The summed E-state index contributed by atoms with van der Waals surface area (Å²) in [6, 6.07) is 4.21. The van der Waals surface area contributed by atoms with Gasteiger partial charge in [0.05, 0.1) is 5.97 Å². The van der Waals surface area contributed by atoms with Gasteiger partial charge in [-0.05, 0) is 36.5 Å². The molecule has 0 radical (unpaired) electrons. The fraction of sp³-hybridized carbons (Fsp3) is 0.300. The summed E-state index contributed by atoms with van der Waals surface area (Å²) in [7, 11) is 0. The fourth-order valence-electron chi connectivity index (χ4n) is 1.37. The number of carboxylic acid groups (broad SMARTS) is 1. The van der Waals surface area contributed by atoms with Crippen LogP contribution >= 0.6 is 0 Å². The maximum absolute atomic E-state index is 12.9. The molecule has 0 aliphatic heterocycles. The van der Waals surface area contributed by atoms with Gasteiger partial charge < -0.3 is 9.90 Å². The minimum atomic E-state index is -1.44. The van der Waals surface area contributed by atoms with E-state index in [1.807, 2.05) is 0 Å². The summed E-state index contributed by atoms with van der Waals surface area (Å²) in [5.74, 6) is -1.73. The van der Waals surface area contributed by atoms with Crippen LogP contribution in [0.15, 0.2) is 18.2 Å². The first-order valence-electron chi connectivity index (χ1n) is 4.19. The Hall–Kier alpha value is -1.38. The molecule has 1 aliphatic rings. The number of hydrogen-bond acceptors (Lipinski definition) is 2. The van der Waals surface area contributed by atoms with E-state index in [0.29, 0.717) is 5.92 Å². The first-order chi connectivity index (χ1) is 6.18. The molecule has 0 amide bonds. The lowest BCUT2D eigenvalue weighted by Gasteiger charge is -2.06. The quantitative estimate of drug-likeness (QED) is 0.681. The van der Waals surface area contributed by atoms with Crippen LogP contribution in [0, 0.1) is 5.82 Å². The third-order valence-electron chi connectivity index (χ3n) is 2.26. The van der Waals surface area contributed by atoms with Gasteiger partial charge in [0.1, 0.15) is 5.82 Å². The Kier molecular flexibility index (Phi) is 1.79. The third kappa shape index (κ3) is 1.54. The lowest BCUT2D eigenvalue weighted by molar-refractivity contribution is -0.255. The van der Waals surface area contributed by atoms with Gasteiger partial charge in [-0.2, -0.15) is 0 Å². The molecule has 1 aliphatic carbocycles. The molecule has 1 fully saturated rings. The molecule has 0 spiro atoms. The van der Waals surface area contributed by atoms with Crippen molar-refractivity contribution in [1.82, 2.24) is 0 Å². The molecule has 0 aromatic heterocycles. The first-order valence-corrected chi connectivity index (χ1v) is 4.19. The van der Waals surface area contributed by atoms with Gasteiger partial charge in [-0.3, -0.25) is 0 Å². The third-order valence-corrected chi connectivity index (χ3v) is 2.26. The molecule has 68 valence electrons. The summed E-state index contributed by atoms with van der Waals surface area (Å²) in [5.41, 5.74) is 0.574. The molecular formula is C10H8FO2-. The van der Waals surface area contributed by atoms with Crippen LogP contribution < -0.4 is 5.11 Å². The van der Waals surface area contributed by atoms with Crippen molar-refractivity contribution < 1.29 is 14.3 Å². The zero-order valence-corrected chi connectivity index (χ0v) is 6.92. The average molecular weight is 179 g/mol. The highest BCUT2D eigenvalue weighted by Crippen LogP contribution is 2.40. The molecule has 1 saturated carbocycles. The predicted molar refractivity (Wildman–Crippen MR) is 42.7 cm³/mol. The first kappa shape index (κ1) is 8.23. The summed E-state index contributed by atoms with van der Waals surface area (Å²) in [5, 5.41) is 10.5. The van der Waals surface area contributed by atoms with E-state index in [-0.39, 0.29) is 5.56 Å². The van der Waals surface area contributed by atoms with Crippen molar-refractivity contribution >= 4 is 5.97 Å². The standard InChI is InChI=1S/C10H9FO2/c11-9-4-3-7(6-1-2-6)5-8(9)10(12)13/h3-6H,1-2H2,(H,12,13)/p-1. The lowest BCUT2D eigenvalue weighted by Crippen LogP contribution is -2.23. The van der Waals surface area contributed by atoms with Gasteiger partial charge in [-0.15, -0.1) is 0 Å². The summed E-state index contributed by atoms with van der Waals surface area (Å²) >= 11 is 0. The van der Waals surface area contributed by atoms with Gasteiger partial charge in [-0.1, -0.05) is 6.07 Å². The second-order valence-electron chi connectivity index (χ2n) is 3.30.